The van der Waals surface area contributed by atoms with Gasteiger partial charge in [0, 0.05) is 6.04 Å². The Kier molecular flexibility index (Phi) is 2.96. The van der Waals surface area contributed by atoms with Crippen molar-refractivity contribution in [1.82, 2.24) is 20.1 Å². The monoisotopic (exact) mass is 320 g/mol. The number of nitrogens with one attached hydrogen (secondary N) is 2. The van der Waals surface area contributed by atoms with Crippen LogP contribution in [-0.2, 0) is 11.3 Å². The van der Waals surface area contributed by atoms with Gasteiger partial charge in [-0.3, -0.25) is 14.5 Å². The summed E-state index contributed by atoms with van der Waals surface area (Å²) in [7, 11) is 0. The largest absolute Gasteiger partial charge is 0.348 e. The van der Waals surface area contributed by atoms with Gasteiger partial charge in [-0.2, -0.15) is 5.10 Å². The highest BCUT2D eigenvalue weighted by Crippen LogP contribution is 2.63. The lowest BCUT2D eigenvalue weighted by molar-refractivity contribution is -0.126. The van der Waals surface area contributed by atoms with E-state index in [-0.39, 0.29) is 5.91 Å². The number of carbonyl (C=O) groups excluding carboxylic acids is 1. The maximum absolute atomic E-state index is 12.1. The van der Waals surface area contributed by atoms with Crippen LogP contribution in [0.2, 0.25) is 0 Å². The van der Waals surface area contributed by atoms with Gasteiger partial charge in [0.1, 0.15) is 4.33 Å². The third-order valence-corrected chi connectivity index (χ3v) is 5.25. The fraction of sp³-hybridized carbons (Fsp3) is 0.727. The van der Waals surface area contributed by atoms with Crippen LogP contribution >= 0.6 is 35.4 Å². The summed E-state index contributed by atoms with van der Waals surface area (Å²) < 4.78 is 1.63. The molecule has 0 aromatic carbocycles. The fourth-order valence-corrected chi connectivity index (χ4v) is 3.18. The van der Waals surface area contributed by atoms with E-state index in [1.54, 1.807) is 6.92 Å². The molecule has 0 radical (unpaired) electrons. The average molecular weight is 321 g/mol. The molecule has 1 heterocycles. The van der Waals surface area contributed by atoms with Gasteiger partial charge in [0.15, 0.2) is 10.6 Å². The second-order valence-corrected chi connectivity index (χ2v) is 7.31. The molecule has 19 heavy (non-hydrogen) atoms. The molecule has 2 aliphatic rings. The molecular formula is C11H14Cl2N4OS. The minimum absolute atomic E-state index is 0.145. The first kappa shape index (κ1) is 13.4. The lowest BCUT2D eigenvalue weighted by atomic mass is 10.1. The molecule has 1 atom stereocenters. The zero-order chi connectivity index (χ0) is 13.8. The van der Waals surface area contributed by atoms with Gasteiger partial charge in [0.05, 0.1) is 12.0 Å². The van der Waals surface area contributed by atoms with Crippen LogP contribution in [0.1, 0.15) is 38.1 Å². The van der Waals surface area contributed by atoms with E-state index in [2.05, 4.69) is 15.5 Å². The van der Waals surface area contributed by atoms with Crippen LogP contribution in [-0.4, -0.2) is 25.0 Å². The van der Waals surface area contributed by atoms with Gasteiger partial charge in [0.25, 0.3) is 0 Å². The van der Waals surface area contributed by atoms with Crippen molar-refractivity contribution < 1.29 is 4.79 Å². The van der Waals surface area contributed by atoms with Crippen LogP contribution in [0.3, 0.4) is 0 Å². The second-order valence-electron chi connectivity index (χ2n) is 5.44. The van der Waals surface area contributed by atoms with Crippen molar-refractivity contribution in [2.75, 3.05) is 0 Å². The quantitative estimate of drug-likeness (QED) is 0.661. The number of rotatable bonds is 4. The molecule has 2 saturated carbocycles. The molecule has 1 unspecified atom stereocenters. The van der Waals surface area contributed by atoms with Crippen molar-refractivity contribution in [3.8, 4) is 0 Å². The Bertz CT molecular complexity index is 592. The van der Waals surface area contributed by atoms with E-state index >= 15 is 0 Å². The number of halogens is 2. The zero-order valence-corrected chi connectivity index (χ0v) is 12.7. The highest BCUT2D eigenvalue weighted by Gasteiger charge is 2.67. The SMILES string of the molecule is CC1(C(=O)NCc2n[nH]c(=S)n2C2CC2)CC1(Cl)Cl. The molecule has 0 bridgehead atoms. The normalized spacial score (nSPS) is 28.2. The van der Waals surface area contributed by atoms with Crippen molar-refractivity contribution in [2.45, 2.75) is 43.1 Å². The van der Waals surface area contributed by atoms with Gasteiger partial charge in [-0.25, -0.2) is 0 Å². The van der Waals surface area contributed by atoms with Crippen molar-refractivity contribution >= 4 is 41.3 Å². The first-order valence-electron chi connectivity index (χ1n) is 6.17. The number of aromatic nitrogens is 3. The fourth-order valence-electron chi connectivity index (χ4n) is 2.17. The second kappa shape index (κ2) is 4.20. The predicted molar refractivity (Wildman–Crippen MR) is 74.7 cm³/mol. The van der Waals surface area contributed by atoms with Gasteiger partial charge < -0.3 is 5.32 Å². The van der Waals surface area contributed by atoms with Crippen molar-refractivity contribution in [3.05, 3.63) is 10.6 Å². The smallest absolute Gasteiger partial charge is 0.229 e. The molecule has 8 heteroatoms. The van der Waals surface area contributed by atoms with Crippen LogP contribution in [0, 0.1) is 10.2 Å². The number of H-pyrrole nitrogens is 1. The molecule has 0 aliphatic heterocycles. The highest BCUT2D eigenvalue weighted by atomic mass is 35.5. The van der Waals surface area contributed by atoms with Crippen molar-refractivity contribution in [2.24, 2.45) is 5.41 Å². The lowest BCUT2D eigenvalue weighted by Gasteiger charge is -2.12. The highest BCUT2D eigenvalue weighted by molar-refractivity contribution is 7.71. The van der Waals surface area contributed by atoms with Gasteiger partial charge in [-0.15, -0.1) is 23.2 Å². The summed E-state index contributed by atoms with van der Waals surface area (Å²) in [6.45, 7) is 2.10. The minimum atomic E-state index is -0.946. The summed E-state index contributed by atoms with van der Waals surface area (Å²) in [5.41, 5.74) is -0.701. The maximum Gasteiger partial charge on any atom is 0.229 e. The Hall–Kier alpha value is -0.590. The molecular weight excluding hydrogens is 307 g/mol. The number of hydrogen-bond acceptors (Lipinski definition) is 3. The topological polar surface area (TPSA) is 62.7 Å². The number of amides is 1. The van der Waals surface area contributed by atoms with E-state index in [0.717, 1.165) is 18.7 Å². The Morgan fingerprint density at radius 3 is 2.79 bits per heavy atom. The first-order valence-corrected chi connectivity index (χ1v) is 7.33. The Morgan fingerprint density at radius 1 is 1.63 bits per heavy atom. The van der Waals surface area contributed by atoms with E-state index in [9.17, 15) is 4.79 Å². The summed E-state index contributed by atoms with van der Waals surface area (Å²) >= 11 is 17.1. The standard InChI is InChI=1S/C11H14Cl2N4OS/c1-10(5-11(10,12)13)8(18)14-4-7-15-16-9(19)17(7)6-2-3-6/h6H,2-5H2,1H3,(H,14,18)(H,16,19). The minimum Gasteiger partial charge on any atom is -0.348 e. The van der Waals surface area contributed by atoms with Crippen LogP contribution in [0.4, 0.5) is 0 Å². The van der Waals surface area contributed by atoms with Crippen molar-refractivity contribution in [3.63, 3.8) is 0 Å². The maximum atomic E-state index is 12.1. The van der Waals surface area contributed by atoms with Crippen LogP contribution in [0.25, 0.3) is 0 Å². The van der Waals surface area contributed by atoms with E-state index in [1.807, 2.05) is 4.57 Å². The van der Waals surface area contributed by atoms with Crippen LogP contribution in [0.15, 0.2) is 0 Å². The number of hydrogen-bond donors (Lipinski definition) is 2. The molecule has 1 aromatic rings. The van der Waals surface area contributed by atoms with E-state index in [0.29, 0.717) is 23.8 Å². The molecule has 2 fully saturated rings. The van der Waals surface area contributed by atoms with Crippen molar-refractivity contribution in [1.29, 1.82) is 0 Å². The summed E-state index contributed by atoms with van der Waals surface area (Å²) in [6, 6.07) is 0.426. The molecule has 2 aliphatic carbocycles. The molecule has 3 rings (SSSR count). The third-order valence-electron chi connectivity index (χ3n) is 3.86. The lowest BCUT2D eigenvalue weighted by Crippen LogP contribution is -2.33. The number of alkyl halides is 2. The molecule has 1 aromatic heterocycles. The zero-order valence-electron chi connectivity index (χ0n) is 10.4. The van der Waals surface area contributed by atoms with Crippen LogP contribution < -0.4 is 5.32 Å². The van der Waals surface area contributed by atoms with E-state index in [1.165, 1.54) is 0 Å². The Labute approximate surface area is 125 Å². The predicted octanol–water partition coefficient (Wildman–Crippen LogP) is 2.48. The number of carbonyl (C=O) groups is 1. The van der Waals surface area contributed by atoms with E-state index in [4.69, 9.17) is 35.4 Å². The summed E-state index contributed by atoms with van der Waals surface area (Å²) in [4.78, 5) is 12.1. The van der Waals surface area contributed by atoms with E-state index < -0.39 is 9.75 Å². The molecule has 0 saturated heterocycles. The summed E-state index contributed by atoms with van der Waals surface area (Å²) in [5, 5.41) is 9.75. The Morgan fingerprint density at radius 2 is 2.26 bits per heavy atom. The Balaban J connectivity index is 1.67. The summed E-state index contributed by atoms with van der Waals surface area (Å²) in [6.07, 6.45) is 2.70. The van der Waals surface area contributed by atoms with Gasteiger partial charge >= 0.3 is 0 Å². The molecule has 104 valence electrons. The van der Waals surface area contributed by atoms with Gasteiger partial charge in [-0.05, 0) is 38.4 Å². The third kappa shape index (κ3) is 2.19. The van der Waals surface area contributed by atoms with Crippen LogP contribution in [0.5, 0.6) is 0 Å². The van der Waals surface area contributed by atoms with Gasteiger partial charge in [0.2, 0.25) is 5.91 Å². The van der Waals surface area contributed by atoms with Gasteiger partial charge in [-0.1, -0.05) is 0 Å². The molecule has 5 nitrogen and oxygen atoms in total. The molecule has 2 N–H and O–H groups in total. The number of aromatic amines is 1. The molecule has 0 spiro atoms. The number of nitrogens with zero attached hydrogens (tertiary/aromatic N) is 2. The summed E-state index contributed by atoms with van der Waals surface area (Å²) in [5.74, 6) is 0.605. The average Bonchev–Trinajstić information content (AvgIpc) is 3.20. The molecule has 1 amide bonds. The first-order chi connectivity index (χ1) is 8.85.